The zero-order valence-corrected chi connectivity index (χ0v) is 42.1. The van der Waals surface area contributed by atoms with E-state index in [1.54, 1.807) is 0 Å². The van der Waals surface area contributed by atoms with Crippen molar-refractivity contribution < 1.29 is 28.4 Å². The van der Waals surface area contributed by atoms with Crippen LogP contribution in [0.4, 0.5) is 0 Å². The summed E-state index contributed by atoms with van der Waals surface area (Å²) in [4.78, 5) is 0. The van der Waals surface area contributed by atoms with Crippen LogP contribution in [0.5, 0.6) is 0 Å². The number of ether oxygens (including phenoxy) is 6. The minimum Gasteiger partial charge on any atom is -0.327 e. The van der Waals surface area contributed by atoms with Crippen molar-refractivity contribution in [2.75, 3.05) is 39.6 Å². The van der Waals surface area contributed by atoms with Crippen LogP contribution in [0, 0.1) is 5.92 Å². The Labute approximate surface area is 377 Å². The van der Waals surface area contributed by atoms with Crippen LogP contribution in [0.1, 0.15) is 292 Å². The van der Waals surface area contributed by atoms with Crippen molar-refractivity contribution >= 4 is 0 Å². The van der Waals surface area contributed by atoms with E-state index in [0.29, 0.717) is 0 Å². The van der Waals surface area contributed by atoms with Crippen molar-refractivity contribution in [2.24, 2.45) is 5.92 Å². The average Bonchev–Trinajstić information content (AvgIpc) is 3.25. The summed E-state index contributed by atoms with van der Waals surface area (Å²) in [6, 6.07) is 0. The smallest absolute Gasteiger partial charge is 0.282 e. The van der Waals surface area contributed by atoms with Gasteiger partial charge in [-0.3, -0.25) is 0 Å². The van der Waals surface area contributed by atoms with Gasteiger partial charge in [-0.2, -0.15) is 0 Å². The van der Waals surface area contributed by atoms with Crippen LogP contribution in [0.2, 0.25) is 0 Å². The van der Waals surface area contributed by atoms with Crippen molar-refractivity contribution in [2.45, 2.75) is 304 Å². The number of unbranched alkanes of at least 4 members (excludes halogenated alkanes) is 24. The Balaban J connectivity index is 4.69. The molecule has 0 saturated carbocycles. The molecule has 0 aromatic heterocycles. The van der Waals surface area contributed by atoms with Crippen LogP contribution in [-0.4, -0.2) is 51.6 Å². The van der Waals surface area contributed by atoms with E-state index >= 15 is 0 Å². The second-order valence-corrected chi connectivity index (χ2v) is 18.4. The first-order valence-electron chi connectivity index (χ1n) is 27.3. The van der Waals surface area contributed by atoms with Crippen LogP contribution in [-0.2, 0) is 28.4 Å². The maximum Gasteiger partial charge on any atom is 0.282 e. The Morgan fingerprint density at radius 1 is 0.233 bits per heavy atom. The molecule has 0 aliphatic heterocycles. The van der Waals surface area contributed by atoms with Gasteiger partial charge in [0.15, 0.2) is 0 Å². The summed E-state index contributed by atoms with van der Waals surface area (Å²) in [6.45, 7) is 19.9. The largest absolute Gasteiger partial charge is 0.327 e. The summed E-state index contributed by atoms with van der Waals surface area (Å²) in [5, 5.41) is 0. The fourth-order valence-corrected chi connectivity index (χ4v) is 8.06. The van der Waals surface area contributed by atoms with E-state index in [1.165, 1.54) is 141 Å². The lowest BCUT2D eigenvalue weighted by Gasteiger charge is -2.33. The van der Waals surface area contributed by atoms with Gasteiger partial charge in [0.1, 0.15) is 0 Å². The van der Waals surface area contributed by atoms with Crippen LogP contribution < -0.4 is 0 Å². The lowest BCUT2D eigenvalue weighted by atomic mass is 9.89. The number of rotatable bonds is 52. The van der Waals surface area contributed by atoms with E-state index in [-0.39, 0.29) is 0 Å². The molecular weight excluding hydrogens is 745 g/mol. The SMILES string of the molecule is CCCCCCCCCC(CCCCCCCCCC(OCCCC)(OCCCC)OCCCC)CCCCCCCCCC(OCCCC)(OCCCC)OCCCC. The van der Waals surface area contributed by atoms with E-state index in [4.69, 9.17) is 28.4 Å². The fraction of sp³-hybridized carbons (Fsp3) is 1.00. The molecule has 0 amide bonds. The highest BCUT2D eigenvalue weighted by Crippen LogP contribution is 2.29. The summed E-state index contributed by atoms with van der Waals surface area (Å²) in [5.74, 6) is -0.746. The highest BCUT2D eigenvalue weighted by Gasteiger charge is 2.34. The Bertz CT molecular complexity index is 698. The molecule has 0 N–H and O–H groups in total. The Hall–Kier alpha value is -0.240. The van der Waals surface area contributed by atoms with Gasteiger partial charge in [0.05, 0.1) is 39.6 Å². The van der Waals surface area contributed by atoms with Crippen molar-refractivity contribution in [1.82, 2.24) is 0 Å². The fourth-order valence-electron chi connectivity index (χ4n) is 8.06. The van der Waals surface area contributed by atoms with Gasteiger partial charge >= 0.3 is 0 Å². The quantitative estimate of drug-likeness (QED) is 0.0449. The molecule has 0 spiro atoms. The molecule has 0 fully saturated rings. The monoisotopic (exact) mass is 855 g/mol. The highest BCUT2D eigenvalue weighted by atomic mass is 16.9. The van der Waals surface area contributed by atoms with Crippen molar-refractivity contribution in [1.29, 1.82) is 0 Å². The number of hydrogen-bond donors (Lipinski definition) is 0. The van der Waals surface area contributed by atoms with E-state index in [9.17, 15) is 0 Å². The first-order valence-corrected chi connectivity index (χ1v) is 27.3. The van der Waals surface area contributed by atoms with Gasteiger partial charge in [0.25, 0.3) is 11.9 Å². The molecule has 0 unspecified atom stereocenters. The molecule has 0 bridgehead atoms. The standard InChI is InChI=1S/C54H110O6/c1-8-15-22-23-26-31-36-41-52(42-37-32-27-24-29-34-39-44-53(55-46-16-9-2,56-47-17-10-3)57-48-18-11-4)43-38-33-28-25-30-35-40-45-54(58-49-19-12-5,59-50-20-13-6)60-51-21-14-7/h52H,8-51H2,1-7H3. The first kappa shape index (κ1) is 59.8. The Kier molecular flexibility index (Phi) is 46.6. The predicted octanol–water partition coefficient (Wildman–Crippen LogP) is 18.0. The molecule has 60 heavy (non-hydrogen) atoms. The van der Waals surface area contributed by atoms with Crippen molar-refractivity contribution in [3.05, 3.63) is 0 Å². The molecule has 362 valence electrons. The van der Waals surface area contributed by atoms with E-state index in [2.05, 4.69) is 48.5 Å². The first-order chi connectivity index (χ1) is 29.5. The molecule has 0 aromatic carbocycles. The predicted molar refractivity (Wildman–Crippen MR) is 260 cm³/mol. The van der Waals surface area contributed by atoms with Crippen molar-refractivity contribution in [3.8, 4) is 0 Å². The summed E-state index contributed by atoms with van der Waals surface area (Å²) in [7, 11) is 0. The van der Waals surface area contributed by atoms with E-state index in [1.807, 2.05) is 0 Å². The maximum absolute atomic E-state index is 6.36. The summed E-state index contributed by atoms with van der Waals surface area (Å²) in [6.07, 6.45) is 47.5. The lowest BCUT2D eigenvalue weighted by molar-refractivity contribution is -0.384. The van der Waals surface area contributed by atoms with Gasteiger partial charge in [0.2, 0.25) is 0 Å². The van der Waals surface area contributed by atoms with Gasteiger partial charge in [0, 0.05) is 12.8 Å². The molecule has 6 nitrogen and oxygen atoms in total. The van der Waals surface area contributed by atoms with E-state index in [0.717, 1.165) is 148 Å². The maximum atomic E-state index is 6.36. The molecule has 0 aliphatic rings. The molecule has 0 rings (SSSR count). The van der Waals surface area contributed by atoms with Crippen molar-refractivity contribution in [3.63, 3.8) is 0 Å². The topological polar surface area (TPSA) is 55.4 Å². The van der Waals surface area contributed by atoms with Gasteiger partial charge in [-0.1, -0.05) is 228 Å². The molecular formula is C54H110O6. The summed E-state index contributed by atoms with van der Waals surface area (Å²) >= 11 is 0. The molecule has 0 atom stereocenters. The van der Waals surface area contributed by atoms with Crippen LogP contribution >= 0.6 is 0 Å². The van der Waals surface area contributed by atoms with Crippen LogP contribution in [0.15, 0.2) is 0 Å². The molecule has 6 heteroatoms. The van der Waals surface area contributed by atoms with Gasteiger partial charge in [-0.25, -0.2) is 0 Å². The number of hydrogen-bond acceptors (Lipinski definition) is 6. The minimum absolute atomic E-state index is 0.719. The zero-order chi connectivity index (χ0) is 43.9. The second kappa shape index (κ2) is 46.7. The molecule has 0 aromatic rings. The lowest BCUT2D eigenvalue weighted by Crippen LogP contribution is -2.40. The van der Waals surface area contributed by atoms with E-state index < -0.39 is 11.9 Å². The third-order valence-electron chi connectivity index (χ3n) is 12.3. The summed E-state index contributed by atoms with van der Waals surface area (Å²) < 4.78 is 38.1. The molecule has 0 aliphatic carbocycles. The van der Waals surface area contributed by atoms with Crippen LogP contribution in [0.25, 0.3) is 0 Å². The molecule has 0 heterocycles. The normalized spacial score (nSPS) is 12.4. The van der Waals surface area contributed by atoms with Gasteiger partial charge in [-0.15, -0.1) is 0 Å². The molecule has 0 saturated heterocycles. The van der Waals surface area contributed by atoms with Gasteiger partial charge < -0.3 is 28.4 Å². The summed E-state index contributed by atoms with van der Waals surface area (Å²) in [5.41, 5.74) is 0. The Morgan fingerprint density at radius 2 is 0.433 bits per heavy atom. The highest BCUT2D eigenvalue weighted by molar-refractivity contribution is 4.65. The zero-order valence-electron chi connectivity index (χ0n) is 42.1. The molecule has 0 radical (unpaired) electrons. The van der Waals surface area contributed by atoms with Crippen LogP contribution in [0.3, 0.4) is 0 Å². The second-order valence-electron chi connectivity index (χ2n) is 18.4. The van der Waals surface area contributed by atoms with Gasteiger partial charge in [-0.05, 0) is 57.3 Å². The minimum atomic E-state index is -0.840. The third-order valence-corrected chi connectivity index (χ3v) is 12.3. The average molecular weight is 855 g/mol. The Morgan fingerprint density at radius 3 is 0.667 bits per heavy atom. The third kappa shape index (κ3) is 37.2.